The van der Waals surface area contributed by atoms with Crippen LogP contribution in [0.3, 0.4) is 0 Å². The number of pyridine rings is 1. The first-order valence-electron chi connectivity index (χ1n) is 12.0. The smallest absolute Gasteiger partial charge is 0.251 e. The van der Waals surface area contributed by atoms with Crippen molar-refractivity contribution in [2.24, 2.45) is 0 Å². The van der Waals surface area contributed by atoms with Crippen LogP contribution in [0.1, 0.15) is 48.8 Å². The molecule has 0 saturated carbocycles. The monoisotopic (exact) mass is 495 g/mol. The van der Waals surface area contributed by atoms with E-state index in [1.165, 1.54) is 0 Å². The summed E-state index contributed by atoms with van der Waals surface area (Å²) in [6, 6.07) is 10.9. The predicted molar refractivity (Wildman–Crippen MR) is 135 cm³/mol. The third-order valence-corrected chi connectivity index (χ3v) is 6.26. The molecule has 1 aromatic carbocycles. The number of hydrogen-bond donors (Lipinski definition) is 4. The number of carbonyl (C=O) groups excluding carboxylic acids is 1. The van der Waals surface area contributed by atoms with Gasteiger partial charge in [0.25, 0.3) is 5.91 Å². The van der Waals surface area contributed by atoms with Gasteiger partial charge in [-0.15, -0.1) is 0 Å². The normalized spacial score (nSPS) is 15.3. The lowest BCUT2D eigenvalue weighted by atomic mass is 9.87. The summed E-state index contributed by atoms with van der Waals surface area (Å²) in [5, 5.41) is 17.3. The van der Waals surface area contributed by atoms with Gasteiger partial charge in [0.05, 0.1) is 5.54 Å². The van der Waals surface area contributed by atoms with Crippen molar-refractivity contribution in [3.63, 3.8) is 0 Å². The first-order valence-corrected chi connectivity index (χ1v) is 12.0. The highest BCUT2D eigenvalue weighted by Gasteiger charge is 2.37. The van der Waals surface area contributed by atoms with E-state index in [0.29, 0.717) is 17.0 Å². The van der Waals surface area contributed by atoms with Crippen molar-refractivity contribution < 1.29 is 13.6 Å². The van der Waals surface area contributed by atoms with Crippen LogP contribution in [0.5, 0.6) is 0 Å². The van der Waals surface area contributed by atoms with E-state index in [-0.39, 0.29) is 25.3 Å². The number of nitrogens with zero attached hydrogens (tertiary/aromatic N) is 3. The average Bonchev–Trinajstić information content (AvgIpc) is 3.38. The molecule has 1 amide bonds. The van der Waals surface area contributed by atoms with Crippen molar-refractivity contribution in [1.82, 2.24) is 30.8 Å². The molecule has 0 radical (unpaired) electrons. The number of aromatic amines is 1. The Hall–Kier alpha value is -3.66. The van der Waals surface area contributed by atoms with Crippen LogP contribution in [0.15, 0.2) is 60.9 Å². The summed E-state index contributed by atoms with van der Waals surface area (Å²) >= 11 is 0. The number of rotatable bonds is 10. The molecule has 36 heavy (non-hydrogen) atoms. The molecule has 1 aliphatic heterocycles. The van der Waals surface area contributed by atoms with Gasteiger partial charge in [-0.05, 0) is 69.6 Å². The Bertz CT molecular complexity index is 1180. The molecule has 0 unspecified atom stereocenters. The molecule has 1 saturated heterocycles. The number of amides is 1. The minimum absolute atomic E-state index is 0.151. The molecule has 10 heteroatoms. The molecule has 190 valence electrons. The van der Waals surface area contributed by atoms with Crippen LogP contribution in [-0.2, 0) is 5.54 Å². The van der Waals surface area contributed by atoms with Crippen molar-refractivity contribution in [2.75, 3.05) is 25.0 Å². The van der Waals surface area contributed by atoms with Gasteiger partial charge in [-0.2, -0.15) is 5.10 Å². The molecule has 3 heterocycles. The van der Waals surface area contributed by atoms with Crippen LogP contribution < -0.4 is 16.0 Å². The van der Waals surface area contributed by atoms with Gasteiger partial charge in [-0.3, -0.25) is 14.9 Å². The molecule has 0 aliphatic carbocycles. The van der Waals surface area contributed by atoms with E-state index in [9.17, 15) is 13.6 Å². The van der Waals surface area contributed by atoms with Crippen LogP contribution >= 0.6 is 0 Å². The van der Waals surface area contributed by atoms with Gasteiger partial charge in [0.15, 0.2) is 11.6 Å². The fourth-order valence-corrected chi connectivity index (χ4v) is 4.19. The minimum Gasteiger partial charge on any atom is -0.373 e. The maximum atomic E-state index is 13.1. The molecule has 4 N–H and O–H groups in total. The Morgan fingerprint density at radius 1 is 1.19 bits per heavy atom. The molecular formula is C26H31F2N7O. The summed E-state index contributed by atoms with van der Waals surface area (Å²) in [5.74, 6) is -1.71. The molecule has 3 aromatic rings. The molecular weight excluding hydrogens is 464 g/mol. The number of aromatic nitrogens is 4. The number of benzene rings is 1. The summed E-state index contributed by atoms with van der Waals surface area (Å²) in [6.45, 7) is 6.44. The van der Waals surface area contributed by atoms with Gasteiger partial charge in [0, 0.05) is 42.2 Å². The van der Waals surface area contributed by atoms with Crippen molar-refractivity contribution in [1.29, 1.82) is 0 Å². The lowest BCUT2D eigenvalue weighted by Gasteiger charge is -2.37. The quantitative estimate of drug-likeness (QED) is 0.313. The number of H-pyrrole nitrogens is 1. The van der Waals surface area contributed by atoms with E-state index < -0.39 is 11.5 Å². The number of hydrogen-bond acceptors (Lipinski definition) is 6. The predicted octanol–water partition coefficient (Wildman–Crippen LogP) is 4.28. The lowest BCUT2D eigenvalue weighted by Crippen LogP contribution is -2.46. The Balaban J connectivity index is 1.46. The summed E-state index contributed by atoms with van der Waals surface area (Å²) in [7, 11) is 0. The summed E-state index contributed by atoms with van der Waals surface area (Å²) < 4.78 is 26.1. The Morgan fingerprint density at radius 2 is 1.94 bits per heavy atom. The standard InChI is InChI=1S/C26H31F2N7O/c1-18(6-9-25(2,27)28)17-31-23(36)20-4-3-5-21(16-20)33-26(10-14-30-15-11-26)24-32-22(34-35-24)19-7-12-29-13-8-19/h3-5,7-8,12-13,16,30,33H,1,6,9-11,14-15,17H2,2H3,(H,31,36)(H,32,34,35). The van der Waals surface area contributed by atoms with E-state index in [1.807, 2.05) is 18.2 Å². The molecule has 0 spiro atoms. The Kier molecular flexibility index (Phi) is 7.73. The highest BCUT2D eigenvalue weighted by Crippen LogP contribution is 2.34. The Labute approximate surface area is 209 Å². The lowest BCUT2D eigenvalue weighted by molar-refractivity contribution is 0.0132. The molecule has 1 fully saturated rings. The zero-order chi connectivity index (χ0) is 25.6. The van der Waals surface area contributed by atoms with E-state index in [0.717, 1.165) is 49.9 Å². The molecule has 0 bridgehead atoms. The first kappa shape index (κ1) is 25.4. The van der Waals surface area contributed by atoms with Crippen LogP contribution in [0, 0.1) is 0 Å². The summed E-state index contributed by atoms with van der Waals surface area (Å²) in [4.78, 5) is 21.6. The van der Waals surface area contributed by atoms with E-state index >= 15 is 0 Å². The molecule has 8 nitrogen and oxygen atoms in total. The second-order valence-corrected chi connectivity index (χ2v) is 9.28. The van der Waals surface area contributed by atoms with Gasteiger partial charge in [0.2, 0.25) is 5.92 Å². The van der Waals surface area contributed by atoms with Crippen molar-refractivity contribution in [3.8, 4) is 11.4 Å². The van der Waals surface area contributed by atoms with Crippen molar-refractivity contribution in [2.45, 2.75) is 44.1 Å². The zero-order valence-electron chi connectivity index (χ0n) is 20.3. The SMILES string of the molecule is C=C(CCC(C)(F)F)CNC(=O)c1cccc(NC2(c3nc(-c4ccncc4)n[nH]3)CCNCC2)c1. The molecule has 1 aliphatic rings. The highest BCUT2D eigenvalue weighted by molar-refractivity contribution is 5.95. The molecule has 4 rings (SSSR count). The van der Waals surface area contributed by atoms with Gasteiger partial charge < -0.3 is 16.0 Å². The van der Waals surface area contributed by atoms with Crippen LogP contribution in [-0.4, -0.2) is 51.6 Å². The summed E-state index contributed by atoms with van der Waals surface area (Å²) in [5.41, 5.74) is 2.18. The third kappa shape index (κ3) is 6.51. The van der Waals surface area contributed by atoms with E-state index in [2.05, 4.69) is 37.7 Å². The number of halogens is 2. The Morgan fingerprint density at radius 3 is 2.67 bits per heavy atom. The number of anilines is 1. The average molecular weight is 496 g/mol. The van der Waals surface area contributed by atoms with Gasteiger partial charge in [-0.25, -0.2) is 13.8 Å². The van der Waals surface area contributed by atoms with Crippen LogP contribution in [0.4, 0.5) is 14.5 Å². The minimum atomic E-state index is -2.75. The number of nitrogens with one attached hydrogen (secondary N) is 4. The molecule has 2 aromatic heterocycles. The van der Waals surface area contributed by atoms with E-state index in [1.54, 1.807) is 30.6 Å². The van der Waals surface area contributed by atoms with E-state index in [4.69, 9.17) is 4.98 Å². The fourth-order valence-electron chi connectivity index (χ4n) is 4.19. The van der Waals surface area contributed by atoms with Crippen LogP contribution in [0.25, 0.3) is 11.4 Å². The second-order valence-electron chi connectivity index (χ2n) is 9.28. The molecule has 0 atom stereocenters. The maximum absolute atomic E-state index is 13.1. The van der Waals surface area contributed by atoms with Gasteiger partial charge >= 0.3 is 0 Å². The third-order valence-electron chi connectivity index (χ3n) is 6.26. The zero-order valence-corrected chi connectivity index (χ0v) is 20.3. The van der Waals surface area contributed by atoms with Crippen LogP contribution in [0.2, 0.25) is 0 Å². The maximum Gasteiger partial charge on any atom is 0.251 e. The van der Waals surface area contributed by atoms with Crippen molar-refractivity contribution in [3.05, 3.63) is 72.3 Å². The topological polar surface area (TPSA) is 108 Å². The largest absolute Gasteiger partial charge is 0.373 e. The number of carbonyl (C=O) groups is 1. The number of alkyl halides is 2. The van der Waals surface area contributed by atoms with Crippen molar-refractivity contribution >= 4 is 11.6 Å². The second kappa shape index (κ2) is 10.9. The number of piperidine rings is 1. The summed E-state index contributed by atoms with van der Waals surface area (Å²) in [6.07, 6.45) is 4.82. The first-order chi connectivity index (χ1) is 17.2. The highest BCUT2D eigenvalue weighted by atomic mass is 19.3. The van der Waals surface area contributed by atoms with Gasteiger partial charge in [-0.1, -0.05) is 18.2 Å². The van der Waals surface area contributed by atoms with Gasteiger partial charge in [0.1, 0.15) is 0 Å². The fraction of sp³-hybridized carbons (Fsp3) is 0.385.